The normalized spacial score (nSPS) is 14.4. The quantitative estimate of drug-likeness (QED) is 0.720. The average Bonchev–Trinajstić information content (AvgIpc) is 2.32. The van der Waals surface area contributed by atoms with Gasteiger partial charge in [0.05, 0.1) is 6.61 Å². The van der Waals surface area contributed by atoms with Crippen LogP contribution in [0.2, 0.25) is 5.02 Å². The van der Waals surface area contributed by atoms with Crippen molar-refractivity contribution in [3.05, 3.63) is 28.3 Å². The molecule has 0 aliphatic rings. The first-order valence-corrected chi connectivity index (χ1v) is 6.62. The van der Waals surface area contributed by atoms with Gasteiger partial charge in [-0.3, -0.25) is 0 Å². The van der Waals surface area contributed by atoms with Gasteiger partial charge in [-0.05, 0) is 38.0 Å². The Hall–Kier alpha value is -0.810. The molecule has 3 N–H and O–H groups in total. The smallest absolute Gasteiger partial charge is 0.123 e. The van der Waals surface area contributed by atoms with E-state index in [0.717, 1.165) is 11.1 Å². The Morgan fingerprint density at radius 2 is 2.11 bits per heavy atom. The maximum absolute atomic E-state index is 10.00. The summed E-state index contributed by atoms with van der Waals surface area (Å²) in [6.45, 7) is 4.81. The highest BCUT2D eigenvalue weighted by molar-refractivity contribution is 6.30. The number of methoxy groups -OCH3 is 1. The Bertz CT molecular complexity index is 417. The molecule has 1 rings (SSSR count). The van der Waals surface area contributed by atoms with Crippen molar-refractivity contribution in [2.45, 2.75) is 32.4 Å². The van der Waals surface area contributed by atoms with Gasteiger partial charge in [0.2, 0.25) is 0 Å². The molecule has 0 saturated heterocycles. The third kappa shape index (κ3) is 4.66. The second-order valence-corrected chi connectivity index (χ2v) is 5.49. The Morgan fingerprint density at radius 3 is 2.68 bits per heavy atom. The van der Waals surface area contributed by atoms with Crippen LogP contribution in [0.5, 0.6) is 5.75 Å². The fraction of sp³-hybridized carbons (Fsp3) is 0.571. The summed E-state index contributed by atoms with van der Waals surface area (Å²) in [5.41, 5.74) is 1.15. The van der Waals surface area contributed by atoms with E-state index in [1.807, 2.05) is 13.8 Å². The van der Waals surface area contributed by atoms with Gasteiger partial charge in [0.1, 0.15) is 5.75 Å². The molecule has 4 nitrogen and oxygen atoms in total. The summed E-state index contributed by atoms with van der Waals surface area (Å²) < 4.78 is 5.16. The zero-order valence-corrected chi connectivity index (χ0v) is 12.4. The molecule has 0 aliphatic carbocycles. The molecule has 0 heterocycles. The first-order chi connectivity index (χ1) is 8.91. The molecule has 1 unspecified atom stereocenters. The van der Waals surface area contributed by atoms with Crippen LogP contribution in [0.25, 0.3) is 0 Å². The van der Waals surface area contributed by atoms with Crippen LogP contribution in [0.1, 0.15) is 24.5 Å². The topological polar surface area (TPSA) is 61.7 Å². The number of aliphatic hydroxyl groups excluding tert-OH is 1. The predicted octanol–water partition coefficient (Wildman–Crippen LogP) is 2.23. The van der Waals surface area contributed by atoms with Gasteiger partial charge in [0.25, 0.3) is 0 Å². The first-order valence-electron chi connectivity index (χ1n) is 6.24. The molecule has 0 spiro atoms. The Labute approximate surface area is 119 Å². The summed E-state index contributed by atoms with van der Waals surface area (Å²) in [4.78, 5) is 0. The van der Waals surface area contributed by atoms with E-state index in [9.17, 15) is 5.11 Å². The largest absolute Gasteiger partial charge is 0.507 e. The van der Waals surface area contributed by atoms with Gasteiger partial charge in [-0.2, -0.15) is 0 Å². The lowest BCUT2D eigenvalue weighted by Gasteiger charge is -2.30. The number of hydrogen-bond acceptors (Lipinski definition) is 4. The van der Waals surface area contributed by atoms with Gasteiger partial charge in [0, 0.05) is 36.4 Å². The minimum absolute atomic E-state index is 0.0768. The van der Waals surface area contributed by atoms with Crippen molar-refractivity contribution in [2.75, 3.05) is 20.3 Å². The second-order valence-electron chi connectivity index (χ2n) is 5.05. The summed E-state index contributed by atoms with van der Waals surface area (Å²) in [5, 5.41) is 23.0. The van der Waals surface area contributed by atoms with Crippen LogP contribution in [0.3, 0.4) is 0 Å². The van der Waals surface area contributed by atoms with E-state index in [4.69, 9.17) is 21.4 Å². The molecular formula is C14H22ClNO3. The molecule has 1 atom stereocenters. The highest BCUT2D eigenvalue weighted by Crippen LogP contribution is 2.27. The molecule has 0 amide bonds. The standard InChI is InChI=1S/C14H22ClNO3/c1-10-6-12(15)7-11(13(10)18)8-16-14(2,4-5-17)9-19-3/h6-7,16-18H,4-5,8-9H2,1-3H3. The third-order valence-electron chi connectivity index (χ3n) is 3.18. The van der Waals surface area contributed by atoms with Crippen LogP contribution >= 0.6 is 11.6 Å². The number of hydrogen-bond donors (Lipinski definition) is 3. The lowest BCUT2D eigenvalue weighted by atomic mass is 9.98. The van der Waals surface area contributed by atoms with Crippen molar-refractivity contribution in [2.24, 2.45) is 0 Å². The Balaban J connectivity index is 2.79. The summed E-state index contributed by atoms with van der Waals surface area (Å²) in [6, 6.07) is 3.46. The monoisotopic (exact) mass is 287 g/mol. The molecule has 0 bridgehead atoms. The highest BCUT2D eigenvalue weighted by atomic mass is 35.5. The van der Waals surface area contributed by atoms with E-state index in [0.29, 0.717) is 24.6 Å². The van der Waals surface area contributed by atoms with Gasteiger partial charge >= 0.3 is 0 Å². The van der Waals surface area contributed by atoms with E-state index in [-0.39, 0.29) is 17.9 Å². The van der Waals surface area contributed by atoms with Crippen LogP contribution in [-0.4, -0.2) is 36.1 Å². The van der Waals surface area contributed by atoms with E-state index in [2.05, 4.69) is 5.32 Å². The molecule has 0 fully saturated rings. The molecule has 108 valence electrons. The lowest BCUT2D eigenvalue weighted by Crippen LogP contribution is -2.46. The average molecular weight is 288 g/mol. The van der Waals surface area contributed by atoms with Crippen molar-refractivity contribution in [1.29, 1.82) is 0 Å². The molecule has 0 saturated carbocycles. The zero-order chi connectivity index (χ0) is 14.5. The molecule has 1 aromatic rings. The highest BCUT2D eigenvalue weighted by Gasteiger charge is 2.23. The van der Waals surface area contributed by atoms with Gasteiger partial charge in [-0.25, -0.2) is 0 Å². The number of phenolic OH excluding ortho intramolecular Hbond substituents is 1. The maximum atomic E-state index is 10.00. The second kappa shape index (κ2) is 7.10. The van der Waals surface area contributed by atoms with Crippen molar-refractivity contribution in [1.82, 2.24) is 5.32 Å². The number of ether oxygens (including phenoxy) is 1. The fourth-order valence-electron chi connectivity index (χ4n) is 2.03. The number of halogens is 1. The number of aromatic hydroxyl groups is 1. The molecule has 1 aromatic carbocycles. The van der Waals surface area contributed by atoms with E-state index in [1.54, 1.807) is 19.2 Å². The number of aryl methyl sites for hydroxylation is 1. The number of rotatable bonds is 7. The van der Waals surface area contributed by atoms with Crippen molar-refractivity contribution < 1.29 is 14.9 Å². The summed E-state index contributed by atoms with van der Waals surface area (Å²) >= 11 is 5.99. The van der Waals surface area contributed by atoms with Crippen LogP contribution in [0, 0.1) is 6.92 Å². The SMILES string of the molecule is COCC(C)(CCO)NCc1cc(Cl)cc(C)c1O. The van der Waals surface area contributed by atoms with Gasteiger partial charge in [-0.1, -0.05) is 11.6 Å². The van der Waals surface area contributed by atoms with E-state index >= 15 is 0 Å². The van der Waals surface area contributed by atoms with Crippen LogP contribution in [0.15, 0.2) is 12.1 Å². The summed E-state index contributed by atoms with van der Waals surface area (Å²) in [7, 11) is 1.62. The van der Waals surface area contributed by atoms with Gasteiger partial charge in [0.15, 0.2) is 0 Å². The molecular weight excluding hydrogens is 266 g/mol. The Morgan fingerprint density at radius 1 is 1.42 bits per heavy atom. The first kappa shape index (κ1) is 16.2. The van der Waals surface area contributed by atoms with Gasteiger partial charge < -0.3 is 20.3 Å². The molecule has 0 radical (unpaired) electrons. The van der Waals surface area contributed by atoms with Crippen molar-refractivity contribution >= 4 is 11.6 Å². The van der Waals surface area contributed by atoms with E-state index in [1.165, 1.54) is 0 Å². The number of phenols is 1. The van der Waals surface area contributed by atoms with Crippen LogP contribution in [0.4, 0.5) is 0 Å². The van der Waals surface area contributed by atoms with Gasteiger partial charge in [-0.15, -0.1) is 0 Å². The minimum atomic E-state index is -0.341. The lowest BCUT2D eigenvalue weighted by molar-refractivity contribution is 0.0968. The fourth-order valence-corrected chi connectivity index (χ4v) is 2.32. The number of nitrogens with one attached hydrogen (secondary N) is 1. The van der Waals surface area contributed by atoms with Crippen molar-refractivity contribution in [3.8, 4) is 5.75 Å². The molecule has 19 heavy (non-hydrogen) atoms. The molecule has 0 aliphatic heterocycles. The van der Waals surface area contributed by atoms with Crippen LogP contribution < -0.4 is 5.32 Å². The zero-order valence-electron chi connectivity index (χ0n) is 11.7. The molecule has 0 aromatic heterocycles. The van der Waals surface area contributed by atoms with Crippen molar-refractivity contribution in [3.63, 3.8) is 0 Å². The maximum Gasteiger partial charge on any atom is 0.123 e. The predicted molar refractivity (Wildman–Crippen MR) is 76.7 cm³/mol. The van der Waals surface area contributed by atoms with Crippen LogP contribution in [-0.2, 0) is 11.3 Å². The number of aliphatic hydroxyl groups is 1. The van der Waals surface area contributed by atoms with E-state index < -0.39 is 0 Å². The Kier molecular flexibility index (Phi) is 6.07. The number of benzene rings is 1. The summed E-state index contributed by atoms with van der Waals surface area (Å²) in [5.74, 6) is 0.251. The minimum Gasteiger partial charge on any atom is -0.507 e. The summed E-state index contributed by atoms with van der Waals surface area (Å²) in [6.07, 6.45) is 0.571. The molecule has 5 heteroatoms. The third-order valence-corrected chi connectivity index (χ3v) is 3.39.